The first-order valence-electron chi connectivity index (χ1n) is 6.06. The molecule has 0 aliphatic heterocycles. The fraction of sp³-hybridized carbons (Fsp3) is 0.462. The molecule has 0 spiro atoms. The quantitative estimate of drug-likeness (QED) is 0.814. The zero-order chi connectivity index (χ0) is 15.3. The van der Waals surface area contributed by atoms with E-state index in [4.69, 9.17) is 10.5 Å². The summed E-state index contributed by atoms with van der Waals surface area (Å²) in [5.74, 6) is -0.626. The highest BCUT2D eigenvalue weighted by molar-refractivity contribution is 9.10. The van der Waals surface area contributed by atoms with Crippen LogP contribution < -0.4 is 11.1 Å². The minimum absolute atomic E-state index is 0.259. The summed E-state index contributed by atoms with van der Waals surface area (Å²) in [6.45, 7) is 5.22. The molecule has 110 valence electrons. The van der Waals surface area contributed by atoms with Crippen LogP contribution in [0.15, 0.2) is 22.9 Å². The van der Waals surface area contributed by atoms with Gasteiger partial charge < -0.3 is 15.8 Å². The molecule has 1 atom stereocenters. The number of rotatable bonds is 4. The fourth-order valence-corrected chi connectivity index (χ4v) is 1.67. The zero-order valence-corrected chi connectivity index (χ0v) is 13.2. The van der Waals surface area contributed by atoms with Crippen molar-refractivity contribution >= 4 is 27.9 Å². The molecular formula is C13H18BrN3O3. The molecule has 0 aliphatic carbocycles. The summed E-state index contributed by atoms with van der Waals surface area (Å²) in [5, 5.41) is 2.46. The Morgan fingerprint density at radius 1 is 1.45 bits per heavy atom. The lowest BCUT2D eigenvalue weighted by Gasteiger charge is -2.22. The zero-order valence-electron chi connectivity index (χ0n) is 11.6. The summed E-state index contributed by atoms with van der Waals surface area (Å²) in [6.07, 6.45) is 1.19. The maximum atomic E-state index is 11.7. The highest BCUT2D eigenvalue weighted by atomic mass is 79.9. The van der Waals surface area contributed by atoms with Crippen LogP contribution in [-0.4, -0.2) is 28.6 Å². The number of nitrogens with two attached hydrogens (primary N) is 1. The SMILES string of the molecule is CC(C)(C)OC(=O)NC(Cc1ccc(Br)nc1)C(N)=O. The second kappa shape index (κ2) is 6.69. The number of carbonyl (C=O) groups is 2. The number of aromatic nitrogens is 1. The van der Waals surface area contributed by atoms with Crippen molar-refractivity contribution in [3.63, 3.8) is 0 Å². The Balaban J connectivity index is 2.68. The predicted octanol–water partition coefficient (Wildman–Crippen LogP) is 1.77. The van der Waals surface area contributed by atoms with E-state index in [1.54, 1.807) is 39.1 Å². The Hall–Kier alpha value is -1.63. The topological polar surface area (TPSA) is 94.3 Å². The van der Waals surface area contributed by atoms with Gasteiger partial charge in [-0.2, -0.15) is 0 Å². The maximum Gasteiger partial charge on any atom is 0.408 e. The first-order chi connectivity index (χ1) is 9.17. The van der Waals surface area contributed by atoms with Gasteiger partial charge in [0, 0.05) is 12.6 Å². The second-order valence-corrected chi connectivity index (χ2v) is 6.11. The maximum absolute atomic E-state index is 11.7. The van der Waals surface area contributed by atoms with E-state index in [2.05, 4.69) is 26.2 Å². The Labute approximate surface area is 126 Å². The van der Waals surface area contributed by atoms with Gasteiger partial charge in [-0.3, -0.25) is 4.79 Å². The van der Waals surface area contributed by atoms with Crippen LogP contribution in [0, 0.1) is 0 Å². The van der Waals surface area contributed by atoms with Crippen molar-refractivity contribution in [1.29, 1.82) is 0 Å². The molecule has 2 amide bonds. The number of amides is 2. The molecule has 6 nitrogen and oxygen atoms in total. The largest absolute Gasteiger partial charge is 0.444 e. The van der Waals surface area contributed by atoms with Gasteiger partial charge in [0.15, 0.2) is 0 Å². The molecule has 0 aliphatic rings. The molecule has 0 radical (unpaired) electrons. The van der Waals surface area contributed by atoms with E-state index >= 15 is 0 Å². The molecule has 20 heavy (non-hydrogen) atoms. The summed E-state index contributed by atoms with van der Waals surface area (Å²) < 4.78 is 5.79. The lowest BCUT2D eigenvalue weighted by molar-refractivity contribution is -0.120. The molecule has 0 bridgehead atoms. The number of pyridine rings is 1. The van der Waals surface area contributed by atoms with Gasteiger partial charge in [-0.15, -0.1) is 0 Å². The number of alkyl carbamates (subject to hydrolysis) is 1. The van der Waals surface area contributed by atoms with E-state index in [0.717, 1.165) is 5.56 Å². The van der Waals surface area contributed by atoms with E-state index in [1.807, 2.05) is 0 Å². The van der Waals surface area contributed by atoms with Gasteiger partial charge in [-0.05, 0) is 48.3 Å². The van der Waals surface area contributed by atoms with Crippen molar-refractivity contribution in [2.75, 3.05) is 0 Å². The standard InChI is InChI=1S/C13H18BrN3O3/c1-13(2,3)20-12(19)17-9(11(15)18)6-8-4-5-10(14)16-7-8/h4-5,7,9H,6H2,1-3H3,(H2,15,18)(H,17,19). The summed E-state index contributed by atoms with van der Waals surface area (Å²) in [6, 6.07) is 2.71. The van der Waals surface area contributed by atoms with E-state index in [-0.39, 0.29) is 6.42 Å². The van der Waals surface area contributed by atoms with E-state index in [9.17, 15) is 9.59 Å². The summed E-state index contributed by atoms with van der Waals surface area (Å²) in [7, 11) is 0. The lowest BCUT2D eigenvalue weighted by Crippen LogP contribution is -2.47. The van der Waals surface area contributed by atoms with Crippen molar-refractivity contribution in [3.8, 4) is 0 Å². The number of primary amides is 1. The Kier molecular flexibility index (Phi) is 5.50. The minimum Gasteiger partial charge on any atom is -0.444 e. The molecule has 0 aromatic carbocycles. The highest BCUT2D eigenvalue weighted by Crippen LogP contribution is 2.10. The molecule has 1 heterocycles. The van der Waals surface area contributed by atoms with Crippen LogP contribution >= 0.6 is 15.9 Å². The predicted molar refractivity (Wildman–Crippen MR) is 78.0 cm³/mol. The van der Waals surface area contributed by atoms with Crippen LogP contribution in [0.3, 0.4) is 0 Å². The molecule has 0 saturated carbocycles. The molecular weight excluding hydrogens is 326 g/mol. The Morgan fingerprint density at radius 2 is 2.10 bits per heavy atom. The first-order valence-corrected chi connectivity index (χ1v) is 6.86. The van der Waals surface area contributed by atoms with Gasteiger partial charge in [-0.1, -0.05) is 6.07 Å². The van der Waals surface area contributed by atoms with Crippen LogP contribution in [0.4, 0.5) is 4.79 Å². The van der Waals surface area contributed by atoms with Crippen molar-refractivity contribution in [2.45, 2.75) is 38.8 Å². The van der Waals surface area contributed by atoms with Gasteiger partial charge in [0.2, 0.25) is 5.91 Å². The average Bonchev–Trinajstić information content (AvgIpc) is 2.28. The van der Waals surface area contributed by atoms with Crippen LogP contribution in [0.2, 0.25) is 0 Å². The average molecular weight is 344 g/mol. The molecule has 3 N–H and O–H groups in total. The minimum atomic E-state index is -0.840. The Bertz CT molecular complexity index is 483. The van der Waals surface area contributed by atoms with E-state index in [0.29, 0.717) is 4.60 Å². The normalized spacial score (nSPS) is 12.6. The number of halogens is 1. The van der Waals surface area contributed by atoms with Crippen LogP contribution in [-0.2, 0) is 16.0 Å². The molecule has 7 heteroatoms. The molecule has 1 unspecified atom stereocenters. The van der Waals surface area contributed by atoms with E-state index < -0.39 is 23.6 Å². The number of hydrogen-bond acceptors (Lipinski definition) is 4. The summed E-state index contributed by atoms with van der Waals surface area (Å²) in [4.78, 5) is 27.1. The fourth-order valence-electron chi connectivity index (χ4n) is 1.44. The number of nitrogens with one attached hydrogen (secondary N) is 1. The van der Waals surface area contributed by atoms with Crippen molar-refractivity contribution < 1.29 is 14.3 Å². The van der Waals surface area contributed by atoms with Gasteiger partial charge in [0.25, 0.3) is 0 Å². The molecule has 0 saturated heterocycles. The van der Waals surface area contributed by atoms with Gasteiger partial charge in [0.05, 0.1) is 0 Å². The number of ether oxygens (including phenoxy) is 1. The smallest absolute Gasteiger partial charge is 0.408 e. The summed E-state index contributed by atoms with van der Waals surface area (Å²) >= 11 is 3.22. The van der Waals surface area contributed by atoms with Gasteiger partial charge >= 0.3 is 6.09 Å². The van der Waals surface area contributed by atoms with Crippen molar-refractivity contribution in [1.82, 2.24) is 10.3 Å². The monoisotopic (exact) mass is 343 g/mol. The van der Waals surface area contributed by atoms with Crippen LogP contribution in [0.25, 0.3) is 0 Å². The molecule has 1 aromatic rings. The number of carbonyl (C=O) groups excluding carboxylic acids is 2. The molecule has 0 fully saturated rings. The summed E-state index contributed by atoms with van der Waals surface area (Å²) in [5.41, 5.74) is 5.44. The number of hydrogen-bond donors (Lipinski definition) is 2. The third-order valence-corrected chi connectivity index (χ3v) is 2.73. The lowest BCUT2D eigenvalue weighted by atomic mass is 10.1. The van der Waals surface area contributed by atoms with Gasteiger partial charge in [0.1, 0.15) is 16.2 Å². The molecule has 1 aromatic heterocycles. The molecule has 1 rings (SSSR count). The van der Waals surface area contributed by atoms with Crippen LogP contribution in [0.1, 0.15) is 26.3 Å². The van der Waals surface area contributed by atoms with E-state index in [1.165, 1.54) is 0 Å². The third-order valence-electron chi connectivity index (χ3n) is 2.26. The highest BCUT2D eigenvalue weighted by Gasteiger charge is 2.23. The third kappa shape index (κ3) is 6.01. The Morgan fingerprint density at radius 3 is 2.55 bits per heavy atom. The van der Waals surface area contributed by atoms with Crippen molar-refractivity contribution in [3.05, 3.63) is 28.5 Å². The van der Waals surface area contributed by atoms with Gasteiger partial charge in [-0.25, -0.2) is 9.78 Å². The second-order valence-electron chi connectivity index (χ2n) is 5.29. The van der Waals surface area contributed by atoms with Crippen molar-refractivity contribution in [2.24, 2.45) is 5.73 Å². The number of nitrogens with zero attached hydrogens (tertiary/aromatic N) is 1. The first kappa shape index (κ1) is 16.4. The van der Waals surface area contributed by atoms with Crippen LogP contribution in [0.5, 0.6) is 0 Å².